The summed E-state index contributed by atoms with van der Waals surface area (Å²) in [5, 5.41) is 0. The highest BCUT2D eigenvalue weighted by atomic mass is 16.7. The molecule has 0 bridgehead atoms. The normalized spacial score (nSPS) is 31.6. The molecule has 2 rings (SSSR count). The Labute approximate surface area is 124 Å². The van der Waals surface area contributed by atoms with E-state index in [4.69, 9.17) is 9.47 Å². The van der Waals surface area contributed by atoms with Gasteiger partial charge in [0.25, 0.3) is 0 Å². The fourth-order valence-electron chi connectivity index (χ4n) is 3.51. The molecule has 0 aromatic carbocycles. The summed E-state index contributed by atoms with van der Waals surface area (Å²) in [6, 6.07) is 0. The minimum Gasteiger partial charge on any atom is -0.466 e. The molecule has 2 nitrogen and oxygen atoms in total. The number of rotatable bonds is 3. The molecular formula is C18H32O2. The SMILES string of the molecule is CC(C)C1=C(C(C)C)OC2(CCC(C(C)C)CC2)OC1. The average Bonchev–Trinajstić information content (AvgIpc) is 2.38. The van der Waals surface area contributed by atoms with E-state index in [9.17, 15) is 0 Å². The van der Waals surface area contributed by atoms with Gasteiger partial charge < -0.3 is 9.47 Å². The molecule has 0 saturated heterocycles. The van der Waals surface area contributed by atoms with E-state index in [-0.39, 0.29) is 5.79 Å². The van der Waals surface area contributed by atoms with Gasteiger partial charge in [0.15, 0.2) is 0 Å². The quantitative estimate of drug-likeness (QED) is 0.712. The fourth-order valence-corrected chi connectivity index (χ4v) is 3.51. The predicted molar refractivity (Wildman–Crippen MR) is 83.3 cm³/mol. The third-order valence-corrected chi connectivity index (χ3v) is 5.06. The van der Waals surface area contributed by atoms with Crippen molar-refractivity contribution >= 4 is 0 Å². The molecule has 1 heterocycles. The van der Waals surface area contributed by atoms with Crippen LogP contribution in [0.15, 0.2) is 11.3 Å². The first-order valence-electron chi connectivity index (χ1n) is 8.40. The van der Waals surface area contributed by atoms with E-state index in [0.717, 1.165) is 31.3 Å². The average molecular weight is 280 g/mol. The van der Waals surface area contributed by atoms with Gasteiger partial charge in [-0.05, 0) is 36.2 Å². The number of allylic oxidation sites excluding steroid dienone is 1. The topological polar surface area (TPSA) is 18.5 Å². The second-order valence-corrected chi connectivity index (χ2v) is 7.58. The van der Waals surface area contributed by atoms with E-state index in [0.29, 0.717) is 11.8 Å². The molecular weight excluding hydrogens is 248 g/mol. The van der Waals surface area contributed by atoms with E-state index in [1.54, 1.807) is 0 Å². The monoisotopic (exact) mass is 280 g/mol. The van der Waals surface area contributed by atoms with Crippen LogP contribution >= 0.6 is 0 Å². The summed E-state index contributed by atoms with van der Waals surface area (Å²) in [6.45, 7) is 14.4. The van der Waals surface area contributed by atoms with Gasteiger partial charge in [0.05, 0.1) is 6.61 Å². The van der Waals surface area contributed by atoms with Crippen LogP contribution in [0, 0.1) is 23.7 Å². The second kappa shape index (κ2) is 6.09. The first-order chi connectivity index (χ1) is 9.34. The van der Waals surface area contributed by atoms with Gasteiger partial charge in [-0.1, -0.05) is 41.5 Å². The molecule has 0 radical (unpaired) electrons. The van der Waals surface area contributed by atoms with Crippen LogP contribution in [0.1, 0.15) is 67.2 Å². The highest BCUT2D eigenvalue weighted by Crippen LogP contribution is 2.44. The molecule has 0 N–H and O–H groups in total. The Balaban J connectivity index is 2.11. The highest BCUT2D eigenvalue weighted by molar-refractivity contribution is 5.16. The lowest BCUT2D eigenvalue weighted by molar-refractivity contribution is -0.251. The zero-order chi connectivity index (χ0) is 14.9. The van der Waals surface area contributed by atoms with E-state index in [1.165, 1.54) is 24.2 Å². The molecule has 0 aromatic heterocycles. The summed E-state index contributed by atoms with van der Waals surface area (Å²) in [5.41, 5.74) is 1.36. The Hall–Kier alpha value is -0.500. The van der Waals surface area contributed by atoms with E-state index >= 15 is 0 Å². The standard InChI is InChI=1S/C18H32O2/c1-12(2)15-7-9-18(10-8-15)19-11-16(13(3)4)17(20-18)14(5)6/h12-15H,7-11H2,1-6H3. The van der Waals surface area contributed by atoms with Gasteiger partial charge in [0.2, 0.25) is 5.79 Å². The van der Waals surface area contributed by atoms with E-state index in [2.05, 4.69) is 41.5 Å². The number of hydrogen-bond acceptors (Lipinski definition) is 2. The fraction of sp³-hybridized carbons (Fsp3) is 0.889. The van der Waals surface area contributed by atoms with Crippen molar-refractivity contribution in [1.29, 1.82) is 0 Å². The molecule has 116 valence electrons. The molecule has 0 unspecified atom stereocenters. The summed E-state index contributed by atoms with van der Waals surface area (Å²) < 4.78 is 12.6. The largest absolute Gasteiger partial charge is 0.466 e. The van der Waals surface area contributed by atoms with Crippen LogP contribution in [0.3, 0.4) is 0 Å². The van der Waals surface area contributed by atoms with Crippen LogP contribution in [0.2, 0.25) is 0 Å². The van der Waals surface area contributed by atoms with Crippen molar-refractivity contribution in [1.82, 2.24) is 0 Å². The maximum atomic E-state index is 6.44. The molecule has 1 aliphatic carbocycles. The van der Waals surface area contributed by atoms with Gasteiger partial charge in [0, 0.05) is 18.8 Å². The molecule has 0 aromatic rings. The van der Waals surface area contributed by atoms with Crippen molar-refractivity contribution in [3.63, 3.8) is 0 Å². The molecule has 1 aliphatic heterocycles. The maximum Gasteiger partial charge on any atom is 0.210 e. The van der Waals surface area contributed by atoms with Crippen molar-refractivity contribution in [2.24, 2.45) is 23.7 Å². The van der Waals surface area contributed by atoms with Crippen LogP contribution in [-0.4, -0.2) is 12.4 Å². The lowest BCUT2D eigenvalue weighted by atomic mass is 9.78. The maximum absolute atomic E-state index is 6.44. The van der Waals surface area contributed by atoms with Crippen LogP contribution in [0.4, 0.5) is 0 Å². The van der Waals surface area contributed by atoms with Gasteiger partial charge in [-0.2, -0.15) is 0 Å². The summed E-state index contributed by atoms with van der Waals surface area (Å²) in [6.07, 6.45) is 4.58. The van der Waals surface area contributed by atoms with Gasteiger partial charge in [0.1, 0.15) is 5.76 Å². The lowest BCUT2D eigenvalue weighted by Gasteiger charge is -2.45. The Morgan fingerprint density at radius 2 is 1.55 bits per heavy atom. The summed E-state index contributed by atoms with van der Waals surface area (Å²) >= 11 is 0. The van der Waals surface area contributed by atoms with Gasteiger partial charge in [-0.3, -0.25) is 0 Å². The van der Waals surface area contributed by atoms with Crippen LogP contribution < -0.4 is 0 Å². The predicted octanol–water partition coefficient (Wildman–Crippen LogP) is 5.14. The van der Waals surface area contributed by atoms with Crippen LogP contribution in [0.5, 0.6) is 0 Å². The van der Waals surface area contributed by atoms with E-state index < -0.39 is 0 Å². The van der Waals surface area contributed by atoms with Crippen molar-refractivity contribution in [3.8, 4) is 0 Å². The summed E-state index contributed by atoms with van der Waals surface area (Å²) in [7, 11) is 0. The molecule has 0 atom stereocenters. The lowest BCUT2D eigenvalue weighted by Crippen LogP contribution is -2.44. The van der Waals surface area contributed by atoms with Crippen LogP contribution in [-0.2, 0) is 9.47 Å². The zero-order valence-electron chi connectivity index (χ0n) is 14.2. The molecule has 2 aliphatic rings. The number of ether oxygens (including phenoxy) is 2. The zero-order valence-corrected chi connectivity index (χ0v) is 14.2. The Morgan fingerprint density at radius 3 is 2.00 bits per heavy atom. The smallest absolute Gasteiger partial charge is 0.210 e. The minimum absolute atomic E-state index is 0.316. The van der Waals surface area contributed by atoms with Crippen LogP contribution in [0.25, 0.3) is 0 Å². The molecule has 20 heavy (non-hydrogen) atoms. The van der Waals surface area contributed by atoms with Crippen molar-refractivity contribution in [2.45, 2.75) is 73.0 Å². The molecule has 1 saturated carbocycles. The second-order valence-electron chi connectivity index (χ2n) is 7.58. The Kier molecular flexibility index (Phi) is 4.84. The van der Waals surface area contributed by atoms with Gasteiger partial charge in [-0.25, -0.2) is 0 Å². The molecule has 2 heteroatoms. The number of hydrogen-bond donors (Lipinski definition) is 0. The summed E-state index contributed by atoms with van der Waals surface area (Å²) in [4.78, 5) is 0. The van der Waals surface area contributed by atoms with Crippen molar-refractivity contribution in [3.05, 3.63) is 11.3 Å². The third kappa shape index (κ3) is 3.21. The van der Waals surface area contributed by atoms with Gasteiger partial charge >= 0.3 is 0 Å². The molecule has 1 spiro atoms. The Bertz CT molecular complexity index is 358. The molecule has 1 fully saturated rings. The molecule has 0 amide bonds. The first-order valence-corrected chi connectivity index (χ1v) is 8.40. The van der Waals surface area contributed by atoms with Gasteiger partial charge in [-0.15, -0.1) is 0 Å². The third-order valence-electron chi connectivity index (χ3n) is 5.06. The van der Waals surface area contributed by atoms with E-state index in [1.807, 2.05) is 0 Å². The summed E-state index contributed by atoms with van der Waals surface area (Å²) in [5.74, 6) is 3.47. The minimum atomic E-state index is -0.316. The van der Waals surface area contributed by atoms with Crippen molar-refractivity contribution < 1.29 is 9.47 Å². The highest BCUT2D eigenvalue weighted by Gasteiger charge is 2.43. The first kappa shape index (κ1) is 15.9. The van der Waals surface area contributed by atoms with Crippen molar-refractivity contribution in [2.75, 3.05) is 6.61 Å². The Morgan fingerprint density at radius 1 is 0.950 bits per heavy atom.